The van der Waals surface area contributed by atoms with E-state index in [1.165, 1.54) is 116 Å². The van der Waals surface area contributed by atoms with E-state index in [1.54, 1.807) is 0 Å². The Bertz CT molecular complexity index is 4350. The first-order valence-corrected chi connectivity index (χ1v) is 26.2. The van der Waals surface area contributed by atoms with Crippen molar-refractivity contribution in [3.05, 3.63) is 324 Å². The molecule has 0 saturated heterocycles. The summed E-state index contributed by atoms with van der Waals surface area (Å²) in [5.74, 6) is 0. The van der Waals surface area contributed by atoms with Gasteiger partial charge in [-0.2, -0.15) is 0 Å². The van der Waals surface area contributed by atoms with Crippen LogP contribution in [0.2, 0.25) is 0 Å². The minimum absolute atomic E-state index is 0.534. The van der Waals surface area contributed by atoms with Crippen molar-refractivity contribution in [1.29, 1.82) is 0 Å². The SMILES string of the molecule is c1ccc(Cc2ccccc2-c2ccc(N(c3ccc(-c4cccc5ccccc45)cc3)c3ccc4c(c3)-c3ccccc3C43c4ccccc4-n4c5ccccc5c5cccc3c54)cc2Cc2ccccc2)cc1. The van der Waals surface area contributed by atoms with Crippen LogP contribution in [0.25, 0.3) is 71.6 Å². The topological polar surface area (TPSA) is 8.17 Å². The van der Waals surface area contributed by atoms with E-state index in [2.05, 4.69) is 289 Å². The molecule has 0 amide bonds. The lowest BCUT2D eigenvalue weighted by atomic mass is 9.65. The standard InChI is InChI=1S/C73H50N2/c1-3-19-49(20-4-1)45-53-24-8-10-27-60(53)61-43-41-56(47-54(61)46-50-21-5-2-6-22-50)74(55-39-37-52(38-40-55)59-30-17-25-51-23-7-9-26-58(51)59)57-42-44-67-65(48-57)62-28-11-13-32-66(62)73(67)68-33-14-16-36-71(68)75-70-35-15-12-29-63(70)64-31-18-34-69(73)72(64)75/h1-44,47-48H,45-46H2. The normalized spacial score (nSPS) is 14.0. The zero-order valence-electron chi connectivity index (χ0n) is 41.4. The molecule has 352 valence electrons. The fourth-order valence-electron chi connectivity index (χ4n) is 13.1. The summed E-state index contributed by atoms with van der Waals surface area (Å²) in [6.07, 6.45) is 1.65. The van der Waals surface area contributed by atoms with Crippen LogP contribution >= 0.6 is 0 Å². The molecule has 0 fully saturated rings. The van der Waals surface area contributed by atoms with E-state index in [0.29, 0.717) is 0 Å². The number of fused-ring (bicyclic) bond motifs is 13. The number of nitrogens with zero attached hydrogens (tertiary/aromatic N) is 2. The van der Waals surface area contributed by atoms with Crippen LogP contribution in [0.5, 0.6) is 0 Å². The number of anilines is 3. The van der Waals surface area contributed by atoms with E-state index in [0.717, 1.165) is 29.9 Å². The third-order valence-corrected chi connectivity index (χ3v) is 16.3. The van der Waals surface area contributed by atoms with Crippen LogP contribution in [0.1, 0.15) is 44.5 Å². The molecule has 1 aliphatic carbocycles. The maximum atomic E-state index is 2.52. The van der Waals surface area contributed by atoms with Gasteiger partial charge in [0.15, 0.2) is 0 Å². The smallest absolute Gasteiger partial charge is 0.0754 e. The van der Waals surface area contributed by atoms with Gasteiger partial charge in [-0.3, -0.25) is 0 Å². The van der Waals surface area contributed by atoms with Gasteiger partial charge in [-0.15, -0.1) is 0 Å². The molecule has 0 saturated carbocycles. The maximum absolute atomic E-state index is 2.52. The Hall–Kier alpha value is -9.50. The first kappa shape index (κ1) is 43.1. The predicted octanol–water partition coefficient (Wildman–Crippen LogP) is 18.6. The van der Waals surface area contributed by atoms with E-state index < -0.39 is 5.41 Å². The Morgan fingerprint density at radius 2 is 0.867 bits per heavy atom. The molecule has 1 aliphatic heterocycles. The highest BCUT2D eigenvalue weighted by Crippen LogP contribution is 2.61. The van der Waals surface area contributed by atoms with Crippen molar-refractivity contribution in [2.24, 2.45) is 0 Å². The van der Waals surface area contributed by atoms with Crippen molar-refractivity contribution in [3.8, 4) is 39.1 Å². The minimum atomic E-state index is -0.534. The van der Waals surface area contributed by atoms with Gasteiger partial charge in [0.25, 0.3) is 0 Å². The number of aromatic nitrogens is 1. The van der Waals surface area contributed by atoms with Gasteiger partial charge >= 0.3 is 0 Å². The summed E-state index contributed by atoms with van der Waals surface area (Å²) >= 11 is 0. The monoisotopic (exact) mass is 954 g/mol. The third-order valence-electron chi connectivity index (χ3n) is 16.3. The van der Waals surface area contributed by atoms with Gasteiger partial charge in [-0.25, -0.2) is 0 Å². The Labute approximate surface area is 437 Å². The number of hydrogen-bond acceptors (Lipinski definition) is 1. The molecule has 0 N–H and O–H groups in total. The van der Waals surface area contributed by atoms with Crippen LogP contribution in [-0.4, -0.2) is 4.57 Å². The lowest BCUT2D eigenvalue weighted by molar-refractivity contribution is 0.748. The molecule has 15 rings (SSSR count). The second-order valence-corrected chi connectivity index (χ2v) is 20.3. The molecule has 1 unspecified atom stereocenters. The van der Waals surface area contributed by atoms with E-state index in [9.17, 15) is 0 Å². The molecule has 1 spiro atoms. The molecule has 2 aliphatic rings. The van der Waals surface area contributed by atoms with Gasteiger partial charge in [-0.1, -0.05) is 231 Å². The lowest BCUT2D eigenvalue weighted by Crippen LogP contribution is -2.33. The predicted molar refractivity (Wildman–Crippen MR) is 313 cm³/mol. The van der Waals surface area contributed by atoms with Crippen molar-refractivity contribution in [3.63, 3.8) is 0 Å². The van der Waals surface area contributed by atoms with Crippen LogP contribution in [0.3, 0.4) is 0 Å². The molecule has 1 atom stereocenters. The summed E-state index contributed by atoms with van der Waals surface area (Å²) in [4.78, 5) is 2.49. The minimum Gasteiger partial charge on any atom is -0.310 e. The number of rotatable bonds is 9. The molecule has 2 heterocycles. The number of hydrogen-bond donors (Lipinski definition) is 0. The van der Waals surface area contributed by atoms with Gasteiger partial charge in [0.05, 0.1) is 22.1 Å². The fourth-order valence-corrected chi connectivity index (χ4v) is 13.1. The van der Waals surface area contributed by atoms with Crippen molar-refractivity contribution in [2.45, 2.75) is 18.3 Å². The molecule has 13 aromatic rings. The highest BCUT2D eigenvalue weighted by atomic mass is 15.1. The Kier molecular flexibility index (Phi) is 9.96. The average molecular weight is 955 g/mol. The molecule has 0 bridgehead atoms. The zero-order chi connectivity index (χ0) is 49.5. The molecule has 12 aromatic carbocycles. The highest BCUT2D eigenvalue weighted by molar-refractivity contribution is 6.13. The first-order valence-electron chi connectivity index (χ1n) is 26.2. The van der Waals surface area contributed by atoms with E-state index in [4.69, 9.17) is 0 Å². The van der Waals surface area contributed by atoms with Gasteiger partial charge in [-0.05, 0) is 150 Å². The molecular weight excluding hydrogens is 905 g/mol. The quantitative estimate of drug-likeness (QED) is 0.140. The fraction of sp³-hybridized carbons (Fsp3) is 0.0411. The molecule has 2 nitrogen and oxygen atoms in total. The second kappa shape index (κ2) is 17.3. The molecule has 2 heteroatoms. The summed E-state index contributed by atoms with van der Waals surface area (Å²) in [7, 11) is 0. The van der Waals surface area contributed by atoms with Crippen molar-refractivity contribution >= 4 is 49.6 Å². The van der Waals surface area contributed by atoms with Crippen LogP contribution in [0.4, 0.5) is 17.1 Å². The van der Waals surface area contributed by atoms with Crippen LogP contribution in [0.15, 0.2) is 279 Å². The maximum Gasteiger partial charge on any atom is 0.0754 e. The van der Waals surface area contributed by atoms with Crippen molar-refractivity contribution in [2.75, 3.05) is 4.90 Å². The van der Waals surface area contributed by atoms with Crippen LogP contribution in [0, 0.1) is 0 Å². The lowest BCUT2D eigenvalue weighted by Gasteiger charge is -2.39. The molecular formula is C73H50N2. The summed E-state index contributed by atoms with van der Waals surface area (Å²) in [5.41, 5.74) is 24.5. The van der Waals surface area contributed by atoms with Gasteiger partial charge in [0.2, 0.25) is 0 Å². The van der Waals surface area contributed by atoms with Gasteiger partial charge < -0.3 is 9.47 Å². The van der Waals surface area contributed by atoms with E-state index >= 15 is 0 Å². The van der Waals surface area contributed by atoms with E-state index in [-0.39, 0.29) is 0 Å². The number of benzene rings is 12. The van der Waals surface area contributed by atoms with Crippen molar-refractivity contribution < 1.29 is 0 Å². The molecule has 1 aromatic heterocycles. The third kappa shape index (κ3) is 6.73. The first-order chi connectivity index (χ1) is 37.2. The average Bonchev–Trinajstić information content (AvgIpc) is 4.21. The summed E-state index contributed by atoms with van der Waals surface area (Å²) < 4.78 is 2.52. The molecule has 0 radical (unpaired) electrons. The highest BCUT2D eigenvalue weighted by Gasteiger charge is 2.51. The second-order valence-electron chi connectivity index (χ2n) is 20.3. The Morgan fingerprint density at radius 1 is 0.320 bits per heavy atom. The van der Waals surface area contributed by atoms with Crippen LogP contribution < -0.4 is 4.90 Å². The molecule has 75 heavy (non-hydrogen) atoms. The summed E-state index contributed by atoms with van der Waals surface area (Å²) in [6, 6.07) is 104. The summed E-state index contributed by atoms with van der Waals surface area (Å²) in [5, 5.41) is 5.06. The van der Waals surface area contributed by atoms with Crippen LogP contribution in [-0.2, 0) is 18.3 Å². The Balaban J connectivity index is 0.948. The van der Waals surface area contributed by atoms with Crippen molar-refractivity contribution in [1.82, 2.24) is 4.57 Å². The number of para-hydroxylation sites is 3. The summed E-state index contributed by atoms with van der Waals surface area (Å²) in [6.45, 7) is 0. The Morgan fingerprint density at radius 3 is 1.69 bits per heavy atom. The zero-order valence-corrected chi connectivity index (χ0v) is 41.4. The van der Waals surface area contributed by atoms with Gasteiger partial charge in [0.1, 0.15) is 0 Å². The van der Waals surface area contributed by atoms with E-state index in [1.807, 2.05) is 0 Å². The van der Waals surface area contributed by atoms with Gasteiger partial charge in [0, 0.05) is 27.8 Å². The largest absolute Gasteiger partial charge is 0.310 e.